The van der Waals surface area contributed by atoms with Gasteiger partial charge in [-0.2, -0.15) is 0 Å². The SMILES string of the molecule is CCNC(C)(CCCCSc1ccncn1)C(=O)OCC. The first-order valence-electron chi connectivity index (χ1n) is 7.43. The highest BCUT2D eigenvalue weighted by Gasteiger charge is 2.32. The Morgan fingerprint density at radius 1 is 1.43 bits per heavy atom. The summed E-state index contributed by atoms with van der Waals surface area (Å²) in [5.41, 5.74) is -0.579. The fourth-order valence-electron chi connectivity index (χ4n) is 2.06. The zero-order valence-corrected chi connectivity index (χ0v) is 13.9. The van der Waals surface area contributed by atoms with Crippen molar-refractivity contribution in [2.75, 3.05) is 18.9 Å². The number of hydrogen-bond donors (Lipinski definition) is 1. The van der Waals surface area contributed by atoms with Crippen molar-refractivity contribution in [2.24, 2.45) is 0 Å². The lowest BCUT2D eigenvalue weighted by Crippen LogP contribution is -2.50. The predicted molar refractivity (Wildman–Crippen MR) is 85.3 cm³/mol. The molecule has 5 nitrogen and oxygen atoms in total. The fraction of sp³-hybridized carbons (Fsp3) is 0.667. The molecule has 1 atom stereocenters. The van der Waals surface area contributed by atoms with Crippen molar-refractivity contribution in [1.29, 1.82) is 0 Å². The van der Waals surface area contributed by atoms with Gasteiger partial charge in [0.15, 0.2) is 0 Å². The lowest BCUT2D eigenvalue weighted by molar-refractivity contribution is -0.150. The molecular formula is C15H25N3O2S. The number of hydrogen-bond acceptors (Lipinski definition) is 6. The highest BCUT2D eigenvalue weighted by molar-refractivity contribution is 7.99. The van der Waals surface area contributed by atoms with Gasteiger partial charge in [-0.1, -0.05) is 13.3 Å². The van der Waals surface area contributed by atoms with Gasteiger partial charge < -0.3 is 10.1 Å². The number of nitrogens with zero attached hydrogens (tertiary/aromatic N) is 2. The number of ether oxygens (including phenoxy) is 1. The van der Waals surface area contributed by atoms with Crippen molar-refractivity contribution in [2.45, 2.75) is 50.6 Å². The molecule has 21 heavy (non-hydrogen) atoms. The van der Waals surface area contributed by atoms with E-state index in [9.17, 15) is 4.79 Å². The Hall–Kier alpha value is -1.14. The van der Waals surface area contributed by atoms with Crippen LogP contribution in [0.25, 0.3) is 0 Å². The van der Waals surface area contributed by atoms with Crippen LogP contribution in [0.4, 0.5) is 0 Å². The highest BCUT2D eigenvalue weighted by Crippen LogP contribution is 2.20. The minimum atomic E-state index is -0.579. The quantitative estimate of drug-likeness (QED) is 0.310. The molecule has 0 aliphatic rings. The minimum absolute atomic E-state index is 0.157. The summed E-state index contributed by atoms with van der Waals surface area (Å²) in [4.78, 5) is 20.1. The summed E-state index contributed by atoms with van der Waals surface area (Å²) in [6.07, 6.45) is 6.10. The Balaban J connectivity index is 2.31. The lowest BCUT2D eigenvalue weighted by atomic mass is 9.95. The third-order valence-electron chi connectivity index (χ3n) is 3.17. The van der Waals surface area contributed by atoms with E-state index in [1.54, 1.807) is 24.3 Å². The number of esters is 1. The van der Waals surface area contributed by atoms with Gasteiger partial charge in [-0.25, -0.2) is 9.97 Å². The summed E-state index contributed by atoms with van der Waals surface area (Å²) in [7, 11) is 0. The van der Waals surface area contributed by atoms with Gasteiger partial charge in [0.2, 0.25) is 0 Å². The maximum atomic E-state index is 12.0. The Morgan fingerprint density at radius 2 is 2.24 bits per heavy atom. The Bertz CT molecular complexity index is 417. The standard InChI is InChI=1S/C15H25N3O2S/c1-4-18-15(3,14(19)20-5-2)9-6-7-11-21-13-8-10-16-12-17-13/h8,10,12,18H,4-7,9,11H2,1-3H3. The van der Waals surface area contributed by atoms with Crippen LogP contribution in [0, 0.1) is 0 Å². The third-order valence-corrected chi connectivity index (χ3v) is 4.20. The van der Waals surface area contributed by atoms with E-state index < -0.39 is 5.54 Å². The molecule has 1 aromatic heterocycles. The van der Waals surface area contributed by atoms with Crippen LogP contribution in [0.3, 0.4) is 0 Å². The van der Waals surface area contributed by atoms with Crippen molar-refractivity contribution >= 4 is 17.7 Å². The molecule has 0 aromatic carbocycles. The number of rotatable bonds is 10. The Labute approximate surface area is 131 Å². The van der Waals surface area contributed by atoms with Crippen LogP contribution < -0.4 is 5.32 Å². The first kappa shape index (κ1) is 17.9. The summed E-state index contributed by atoms with van der Waals surface area (Å²) in [6, 6.07) is 1.91. The van der Waals surface area contributed by atoms with Crippen molar-refractivity contribution in [3.63, 3.8) is 0 Å². The molecule has 0 spiro atoms. The van der Waals surface area contributed by atoms with Gasteiger partial charge in [0, 0.05) is 6.20 Å². The van der Waals surface area contributed by atoms with E-state index in [0.29, 0.717) is 6.61 Å². The van der Waals surface area contributed by atoms with Gasteiger partial charge >= 0.3 is 5.97 Å². The molecule has 0 aliphatic heterocycles. The molecule has 0 bridgehead atoms. The molecule has 0 saturated heterocycles. The number of unbranched alkanes of at least 4 members (excludes halogenated alkanes) is 1. The molecule has 0 saturated carbocycles. The van der Waals surface area contributed by atoms with Crippen molar-refractivity contribution in [1.82, 2.24) is 15.3 Å². The molecule has 1 N–H and O–H groups in total. The monoisotopic (exact) mass is 311 g/mol. The summed E-state index contributed by atoms with van der Waals surface area (Å²) in [5, 5.41) is 4.24. The van der Waals surface area contributed by atoms with Crippen LogP contribution in [-0.4, -0.2) is 40.4 Å². The number of carbonyl (C=O) groups is 1. The molecule has 0 fully saturated rings. The number of thioether (sulfide) groups is 1. The summed E-state index contributed by atoms with van der Waals surface area (Å²) < 4.78 is 5.16. The Kier molecular flexibility index (Phi) is 8.30. The Morgan fingerprint density at radius 3 is 2.86 bits per heavy atom. The maximum Gasteiger partial charge on any atom is 0.326 e. The predicted octanol–water partition coefficient (Wildman–Crippen LogP) is 2.67. The largest absolute Gasteiger partial charge is 0.465 e. The van der Waals surface area contributed by atoms with Crippen LogP contribution in [0.15, 0.2) is 23.6 Å². The zero-order chi connectivity index (χ0) is 15.6. The molecule has 1 unspecified atom stereocenters. The van der Waals surface area contributed by atoms with Crippen LogP contribution in [0.2, 0.25) is 0 Å². The molecule has 0 amide bonds. The molecule has 1 aromatic rings. The van der Waals surface area contributed by atoms with Gasteiger partial charge in [0.1, 0.15) is 11.9 Å². The fourth-order valence-corrected chi connectivity index (χ4v) is 2.90. The molecular weight excluding hydrogens is 286 g/mol. The average molecular weight is 311 g/mol. The van der Waals surface area contributed by atoms with Crippen LogP contribution in [-0.2, 0) is 9.53 Å². The van der Waals surface area contributed by atoms with Crippen molar-refractivity contribution in [3.8, 4) is 0 Å². The number of aromatic nitrogens is 2. The molecule has 6 heteroatoms. The first-order valence-corrected chi connectivity index (χ1v) is 8.42. The second kappa shape index (κ2) is 9.73. The van der Waals surface area contributed by atoms with Crippen molar-refractivity contribution < 1.29 is 9.53 Å². The van der Waals surface area contributed by atoms with Crippen LogP contribution in [0.1, 0.15) is 40.0 Å². The van der Waals surface area contributed by atoms with Crippen LogP contribution in [0.5, 0.6) is 0 Å². The molecule has 0 radical (unpaired) electrons. The number of carbonyl (C=O) groups excluding carboxylic acids is 1. The summed E-state index contributed by atoms with van der Waals surface area (Å²) in [6.45, 7) is 6.94. The first-order chi connectivity index (χ1) is 10.1. The van der Waals surface area contributed by atoms with E-state index in [2.05, 4.69) is 15.3 Å². The number of likely N-dealkylation sites (N-methyl/N-ethyl adjacent to an activating group) is 1. The second-order valence-corrected chi connectivity index (χ2v) is 6.05. The van der Waals surface area contributed by atoms with Crippen LogP contribution >= 0.6 is 11.8 Å². The van der Waals surface area contributed by atoms with Gasteiger partial charge in [-0.3, -0.25) is 4.79 Å². The second-order valence-electron chi connectivity index (χ2n) is 4.94. The third kappa shape index (κ3) is 6.44. The van der Waals surface area contributed by atoms with Gasteiger partial charge in [0.05, 0.1) is 11.6 Å². The number of nitrogens with one attached hydrogen (secondary N) is 1. The molecule has 1 rings (SSSR count). The van der Waals surface area contributed by atoms with E-state index in [-0.39, 0.29) is 5.97 Å². The minimum Gasteiger partial charge on any atom is -0.465 e. The molecule has 1 heterocycles. The van der Waals surface area contributed by atoms with E-state index in [0.717, 1.165) is 36.6 Å². The lowest BCUT2D eigenvalue weighted by Gasteiger charge is -2.28. The van der Waals surface area contributed by atoms with Gasteiger partial charge in [-0.05, 0) is 45.1 Å². The molecule has 0 aliphatic carbocycles. The van der Waals surface area contributed by atoms with Crippen molar-refractivity contribution in [3.05, 3.63) is 18.6 Å². The molecule has 118 valence electrons. The average Bonchev–Trinajstić information content (AvgIpc) is 2.48. The zero-order valence-electron chi connectivity index (χ0n) is 13.1. The van der Waals surface area contributed by atoms with E-state index in [4.69, 9.17) is 4.74 Å². The van der Waals surface area contributed by atoms with Gasteiger partial charge in [0.25, 0.3) is 0 Å². The highest BCUT2D eigenvalue weighted by atomic mass is 32.2. The van der Waals surface area contributed by atoms with Gasteiger partial charge in [-0.15, -0.1) is 11.8 Å². The maximum absolute atomic E-state index is 12.0. The smallest absolute Gasteiger partial charge is 0.326 e. The topological polar surface area (TPSA) is 64.1 Å². The van der Waals surface area contributed by atoms with E-state index in [1.807, 2.05) is 26.8 Å². The van der Waals surface area contributed by atoms with E-state index in [1.165, 1.54) is 0 Å². The van der Waals surface area contributed by atoms with E-state index >= 15 is 0 Å². The normalized spacial score (nSPS) is 13.7. The summed E-state index contributed by atoms with van der Waals surface area (Å²) in [5.74, 6) is 0.831. The summed E-state index contributed by atoms with van der Waals surface area (Å²) >= 11 is 1.72.